The zero-order valence-corrected chi connectivity index (χ0v) is 26.0. The van der Waals surface area contributed by atoms with E-state index in [1.807, 2.05) is 97.1 Å². The van der Waals surface area contributed by atoms with Gasteiger partial charge < -0.3 is 14.8 Å². The van der Waals surface area contributed by atoms with Gasteiger partial charge in [0.15, 0.2) is 6.10 Å². The summed E-state index contributed by atoms with van der Waals surface area (Å²) in [7, 11) is 1.33. The molecule has 1 saturated heterocycles. The highest BCUT2D eigenvalue weighted by atomic mass is 32.2. The van der Waals surface area contributed by atoms with E-state index in [2.05, 4.69) is 5.32 Å². The number of fused-ring (bicyclic) bond motifs is 1. The van der Waals surface area contributed by atoms with Crippen molar-refractivity contribution in [1.82, 2.24) is 10.2 Å². The maximum absolute atomic E-state index is 14.2. The molecule has 45 heavy (non-hydrogen) atoms. The maximum Gasteiger partial charge on any atom is 0.356 e. The molecule has 0 aliphatic carbocycles. The third kappa shape index (κ3) is 6.57. The molecule has 10 heteroatoms. The standard InChI is InChI=1S/C35H30N2O6S2/c1-42-34(40)27-18-17-26(45-27)20-25-21-44-33-29(36-28(38)19-22-11-5-2-6-12-22)32(39)37(33)30(25)35(41)43-31(23-13-7-3-8-14-23)24-15-9-4-10-16-24/h2-18,29,31,33H,19-21H2,1H3,(H,36,38). The molecule has 2 aliphatic heterocycles. The number of nitrogens with one attached hydrogen (secondary N) is 1. The molecular formula is C35H30N2O6S2. The van der Waals surface area contributed by atoms with E-state index in [-0.39, 0.29) is 23.9 Å². The molecule has 2 amide bonds. The molecule has 2 atom stereocenters. The average molecular weight is 639 g/mol. The lowest BCUT2D eigenvalue weighted by Gasteiger charge is -2.50. The number of thioether (sulfide) groups is 1. The van der Waals surface area contributed by atoms with Gasteiger partial charge in [-0.2, -0.15) is 0 Å². The third-order valence-electron chi connectivity index (χ3n) is 7.63. The van der Waals surface area contributed by atoms with Crippen molar-refractivity contribution in [3.8, 4) is 0 Å². The topological polar surface area (TPSA) is 102 Å². The van der Waals surface area contributed by atoms with Crippen LogP contribution in [0.3, 0.4) is 0 Å². The molecular weight excluding hydrogens is 609 g/mol. The number of β-lactam (4-membered cyclic amide) rings is 1. The van der Waals surface area contributed by atoms with Gasteiger partial charge in [-0.05, 0) is 34.4 Å². The number of ether oxygens (including phenoxy) is 2. The summed E-state index contributed by atoms with van der Waals surface area (Å²) >= 11 is 2.77. The van der Waals surface area contributed by atoms with Gasteiger partial charge in [0.05, 0.1) is 13.5 Å². The minimum atomic E-state index is -0.762. The van der Waals surface area contributed by atoms with Crippen molar-refractivity contribution in [2.45, 2.75) is 30.4 Å². The first-order chi connectivity index (χ1) is 21.9. The van der Waals surface area contributed by atoms with Crippen molar-refractivity contribution >= 4 is 46.9 Å². The largest absolute Gasteiger partial charge is 0.465 e. The second kappa shape index (κ2) is 13.5. The highest BCUT2D eigenvalue weighted by Crippen LogP contribution is 2.43. The first-order valence-electron chi connectivity index (χ1n) is 14.4. The summed E-state index contributed by atoms with van der Waals surface area (Å²) in [5, 5.41) is 2.42. The predicted molar refractivity (Wildman–Crippen MR) is 172 cm³/mol. The smallest absolute Gasteiger partial charge is 0.356 e. The van der Waals surface area contributed by atoms with Crippen LogP contribution in [-0.4, -0.2) is 52.9 Å². The lowest BCUT2D eigenvalue weighted by molar-refractivity contribution is -0.154. The van der Waals surface area contributed by atoms with Crippen LogP contribution < -0.4 is 5.32 Å². The van der Waals surface area contributed by atoms with Crippen LogP contribution in [0.15, 0.2) is 114 Å². The van der Waals surface area contributed by atoms with Gasteiger partial charge in [0, 0.05) is 17.1 Å². The van der Waals surface area contributed by atoms with Crippen LogP contribution in [0.25, 0.3) is 0 Å². The van der Waals surface area contributed by atoms with Crippen molar-refractivity contribution in [1.29, 1.82) is 0 Å². The summed E-state index contributed by atoms with van der Waals surface area (Å²) in [6, 6.07) is 31.0. The Labute approximate surface area is 269 Å². The van der Waals surface area contributed by atoms with Gasteiger partial charge in [0.25, 0.3) is 5.91 Å². The average Bonchev–Trinajstić information content (AvgIpc) is 3.55. The van der Waals surface area contributed by atoms with Crippen molar-refractivity contribution in [2.75, 3.05) is 12.9 Å². The molecule has 1 fully saturated rings. The number of carbonyl (C=O) groups is 4. The Morgan fingerprint density at radius 3 is 2.11 bits per heavy atom. The lowest BCUT2D eigenvalue weighted by Crippen LogP contribution is -2.70. The van der Waals surface area contributed by atoms with Crippen LogP contribution in [0.5, 0.6) is 0 Å². The summed E-state index contributed by atoms with van der Waals surface area (Å²) in [6.07, 6.45) is -0.205. The second-order valence-electron chi connectivity index (χ2n) is 10.6. The fourth-order valence-electron chi connectivity index (χ4n) is 5.45. The van der Waals surface area contributed by atoms with Gasteiger partial charge in [-0.3, -0.25) is 14.5 Å². The lowest BCUT2D eigenvalue weighted by atomic mass is 9.99. The first-order valence-corrected chi connectivity index (χ1v) is 16.3. The summed E-state index contributed by atoms with van der Waals surface area (Å²) < 4.78 is 11.1. The van der Waals surface area contributed by atoms with E-state index >= 15 is 0 Å². The Bertz CT molecular complexity index is 1700. The SMILES string of the molecule is COC(=O)c1ccc(CC2=C(C(=O)OC(c3ccccc3)c3ccccc3)N3C(=O)C(NC(=O)Cc4ccccc4)C3SC2)s1. The van der Waals surface area contributed by atoms with Crippen LogP contribution in [0, 0.1) is 0 Å². The van der Waals surface area contributed by atoms with Crippen molar-refractivity contribution < 1.29 is 28.7 Å². The molecule has 2 unspecified atom stereocenters. The Hall–Kier alpha value is -4.67. The van der Waals surface area contributed by atoms with Crippen LogP contribution in [-0.2, 0) is 36.7 Å². The van der Waals surface area contributed by atoms with Gasteiger partial charge in [-0.25, -0.2) is 9.59 Å². The quantitative estimate of drug-likeness (QED) is 0.186. The molecule has 3 heterocycles. The fraction of sp³-hybridized carbons (Fsp3) is 0.200. The minimum absolute atomic E-state index is 0.148. The number of benzene rings is 3. The van der Waals surface area contributed by atoms with Crippen molar-refractivity contribution in [3.05, 3.63) is 141 Å². The predicted octanol–water partition coefficient (Wildman–Crippen LogP) is 5.31. The molecule has 6 rings (SSSR count). The van der Waals surface area contributed by atoms with Gasteiger partial charge in [0.1, 0.15) is 22.0 Å². The zero-order valence-electron chi connectivity index (χ0n) is 24.4. The highest BCUT2D eigenvalue weighted by molar-refractivity contribution is 8.00. The van der Waals surface area contributed by atoms with E-state index in [1.165, 1.54) is 35.1 Å². The summed E-state index contributed by atoms with van der Waals surface area (Å²) in [4.78, 5) is 55.5. The third-order valence-corrected chi connectivity index (χ3v) is 10.0. The van der Waals surface area contributed by atoms with Gasteiger partial charge in [0.2, 0.25) is 5.91 Å². The molecule has 0 bridgehead atoms. The first kappa shape index (κ1) is 30.4. The van der Waals surface area contributed by atoms with Gasteiger partial charge in [-0.1, -0.05) is 91.0 Å². The number of hydrogen-bond donors (Lipinski definition) is 1. The van der Waals surface area contributed by atoms with Crippen LogP contribution in [0.2, 0.25) is 0 Å². The van der Waals surface area contributed by atoms with E-state index in [1.54, 1.807) is 6.07 Å². The zero-order chi connectivity index (χ0) is 31.3. The molecule has 8 nitrogen and oxygen atoms in total. The van der Waals surface area contributed by atoms with Gasteiger partial charge >= 0.3 is 11.9 Å². The number of methoxy groups -OCH3 is 1. The van der Waals surface area contributed by atoms with Crippen LogP contribution >= 0.6 is 23.1 Å². The summed E-state index contributed by atoms with van der Waals surface area (Å²) in [6.45, 7) is 0. The minimum Gasteiger partial charge on any atom is -0.465 e. The molecule has 2 aliphatic rings. The van der Waals surface area contributed by atoms with Crippen molar-refractivity contribution in [3.63, 3.8) is 0 Å². The molecule has 4 aromatic rings. The Balaban J connectivity index is 1.29. The number of rotatable bonds is 10. The van der Waals surface area contributed by atoms with E-state index in [4.69, 9.17) is 9.47 Å². The van der Waals surface area contributed by atoms with Crippen molar-refractivity contribution in [2.24, 2.45) is 0 Å². The highest BCUT2D eigenvalue weighted by Gasteiger charge is 2.54. The van der Waals surface area contributed by atoms with E-state index in [0.717, 1.165) is 21.6 Å². The molecule has 228 valence electrons. The number of hydrogen-bond acceptors (Lipinski definition) is 8. The number of amides is 2. The van der Waals surface area contributed by atoms with Crippen LogP contribution in [0.1, 0.15) is 37.3 Å². The molecule has 3 aromatic carbocycles. The molecule has 0 saturated carbocycles. The number of carbonyl (C=O) groups excluding carboxylic acids is 4. The summed E-state index contributed by atoms with van der Waals surface area (Å²) in [5.41, 5.74) is 3.33. The molecule has 1 aromatic heterocycles. The molecule has 1 N–H and O–H groups in total. The Kier molecular flexibility index (Phi) is 9.13. The maximum atomic E-state index is 14.2. The molecule has 0 radical (unpaired) electrons. The number of nitrogens with zero attached hydrogens (tertiary/aromatic N) is 1. The monoisotopic (exact) mass is 638 g/mol. The Morgan fingerprint density at radius 1 is 0.867 bits per heavy atom. The number of thiophene rings is 1. The van der Waals surface area contributed by atoms with Crippen LogP contribution in [0.4, 0.5) is 0 Å². The van der Waals surface area contributed by atoms with Gasteiger partial charge in [-0.15, -0.1) is 23.1 Å². The van der Waals surface area contributed by atoms with E-state index in [0.29, 0.717) is 22.6 Å². The van der Waals surface area contributed by atoms with E-state index < -0.39 is 29.5 Å². The normalized spacial score (nSPS) is 17.4. The Morgan fingerprint density at radius 2 is 1.49 bits per heavy atom. The summed E-state index contributed by atoms with van der Waals surface area (Å²) in [5.74, 6) is -1.24. The fourth-order valence-corrected chi connectivity index (χ4v) is 7.77. The second-order valence-corrected chi connectivity index (χ2v) is 12.9. The van der Waals surface area contributed by atoms with E-state index in [9.17, 15) is 19.2 Å². The number of esters is 2. The molecule has 0 spiro atoms.